The molecule has 0 unspecified atom stereocenters. The fourth-order valence-corrected chi connectivity index (χ4v) is 3.97. The molecule has 1 fully saturated rings. The molecule has 0 radical (unpaired) electrons. The molecule has 3 rings (SSSR count). The molecular weight excluding hydrogens is 393 g/mol. The summed E-state index contributed by atoms with van der Waals surface area (Å²) in [5, 5.41) is 10.6. The lowest BCUT2D eigenvalue weighted by molar-refractivity contribution is 0.0733. The Morgan fingerprint density at radius 3 is 2.77 bits per heavy atom. The van der Waals surface area contributed by atoms with E-state index in [2.05, 4.69) is 4.98 Å². The summed E-state index contributed by atoms with van der Waals surface area (Å²) in [6.45, 7) is 0.537. The summed E-state index contributed by atoms with van der Waals surface area (Å²) in [4.78, 5) is 29.6. The van der Waals surface area contributed by atoms with E-state index in [9.17, 15) is 14.9 Å². The van der Waals surface area contributed by atoms with Gasteiger partial charge < -0.3 is 9.88 Å². The zero-order valence-corrected chi connectivity index (χ0v) is 16.2. The number of pyridine rings is 1. The normalized spacial score (nSPS) is 16.5. The molecule has 0 bridgehead atoms. The highest BCUT2D eigenvalue weighted by Gasteiger charge is 2.32. The zero-order chi connectivity index (χ0) is 18.8. The summed E-state index contributed by atoms with van der Waals surface area (Å²) in [6, 6.07) is 8.51. The van der Waals surface area contributed by atoms with Crippen LogP contribution in [0.15, 0.2) is 34.1 Å². The highest BCUT2D eigenvalue weighted by Crippen LogP contribution is 2.35. The Morgan fingerprint density at radius 1 is 1.35 bits per heavy atom. The van der Waals surface area contributed by atoms with Crippen LogP contribution in [0.5, 0.6) is 0 Å². The molecular formula is C18H15Cl2N3O2S. The first-order valence-electron chi connectivity index (χ1n) is 7.93. The van der Waals surface area contributed by atoms with Crippen LogP contribution in [-0.4, -0.2) is 28.6 Å². The molecule has 0 spiro atoms. The van der Waals surface area contributed by atoms with Gasteiger partial charge in [-0.2, -0.15) is 5.26 Å². The number of amides is 1. The minimum absolute atomic E-state index is 0.0219. The molecule has 1 aliphatic rings. The molecule has 0 saturated carbocycles. The molecule has 2 aromatic rings. The predicted molar refractivity (Wildman–Crippen MR) is 103 cm³/mol. The smallest absolute Gasteiger partial charge is 0.261 e. The van der Waals surface area contributed by atoms with Crippen LogP contribution in [-0.2, 0) is 0 Å². The van der Waals surface area contributed by atoms with Crippen LogP contribution >= 0.6 is 35.0 Å². The topological polar surface area (TPSA) is 77.0 Å². The van der Waals surface area contributed by atoms with Gasteiger partial charge in [-0.15, -0.1) is 11.8 Å². The Morgan fingerprint density at radius 2 is 2.12 bits per heavy atom. The third-order valence-corrected chi connectivity index (χ3v) is 5.87. The Balaban J connectivity index is 1.98. The Labute approximate surface area is 164 Å². The number of H-pyrrole nitrogens is 1. The van der Waals surface area contributed by atoms with Gasteiger partial charge in [0.1, 0.15) is 11.6 Å². The Bertz CT molecular complexity index is 968. The molecule has 1 aliphatic heterocycles. The van der Waals surface area contributed by atoms with E-state index >= 15 is 0 Å². The fourth-order valence-electron chi connectivity index (χ4n) is 3.15. The minimum Gasteiger partial charge on any atom is -0.331 e. The average Bonchev–Trinajstić information content (AvgIpc) is 3.12. The van der Waals surface area contributed by atoms with Crippen molar-refractivity contribution >= 4 is 40.9 Å². The van der Waals surface area contributed by atoms with Gasteiger partial charge in [-0.05, 0) is 42.9 Å². The number of aromatic nitrogens is 1. The van der Waals surface area contributed by atoms with Crippen molar-refractivity contribution < 1.29 is 4.79 Å². The molecule has 26 heavy (non-hydrogen) atoms. The minimum atomic E-state index is -0.488. The SMILES string of the molecule is CSc1[nH]c(=O)c(C(=O)N2CCC[C@@H]2c2ccc(Cl)c(Cl)c2)cc1C#N. The molecule has 1 aromatic carbocycles. The van der Waals surface area contributed by atoms with E-state index in [-0.39, 0.29) is 23.1 Å². The zero-order valence-electron chi connectivity index (χ0n) is 13.9. The molecule has 1 saturated heterocycles. The molecule has 2 heterocycles. The molecule has 5 nitrogen and oxygen atoms in total. The number of rotatable bonds is 3. The van der Waals surface area contributed by atoms with Crippen molar-refractivity contribution in [3.63, 3.8) is 0 Å². The van der Waals surface area contributed by atoms with Gasteiger partial charge in [0.2, 0.25) is 0 Å². The maximum absolute atomic E-state index is 13.0. The van der Waals surface area contributed by atoms with Crippen LogP contribution in [0.2, 0.25) is 10.0 Å². The van der Waals surface area contributed by atoms with Crippen LogP contribution in [0, 0.1) is 11.3 Å². The molecule has 1 aromatic heterocycles. The van der Waals surface area contributed by atoms with E-state index in [1.54, 1.807) is 23.3 Å². The Kier molecular flexibility index (Phi) is 5.61. The first-order chi connectivity index (χ1) is 12.5. The third-order valence-electron chi connectivity index (χ3n) is 4.40. The monoisotopic (exact) mass is 407 g/mol. The van der Waals surface area contributed by atoms with Crippen LogP contribution in [0.3, 0.4) is 0 Å². The maximum atomic E-state index is 13.0. The quantitative estimate of drug-likeness (QED) is 0.771. The van der Waals surface area contributed by atoms with Crippen LogP contribution in [0.25, 0.3) is 0 Å². The lowest BCUT2D eigenvalue weighted by Crippen LogP contribution is -2.34. The predicted octanol–water partition coefficient (Wildman–Crippen LogP) is 4.25. The van der Waals surface area contributed by atoms with Crippen molar-refractivity contribution in [3.05, 3.63) is 61.4 Å². The van der Waals surface area contributed by atoms with Crippen molar-refractivity contribution in [1.29, 1.82) is 5.26 Å². The molecule has 0 aliphatic carbocycles. The second-order valence-corrected chi connectivity index (χ2v) is 7.53. The van der Waals surface area contributed by atoms with Crippen molar-refractivity contribution in [2.45, 2.75) is 23.9 Å². The van der Waals surface area contributed by atoms with Gasteiger partial charge in [-0.3, -0.25) is 9.59 Å². The lowest BCUT2D eigenvalue weighted by Gasteiger charge is -2.25. The third kappa shape index (κ3) is 3.48. The van der Waals surface area contributed by atoms with E-state index in [1.807, 2.05) is 12.1 Å². The van der Waals surface area contributed by atoms with E-state index < -0.39 is 5.56 Å². The van der Waals surface area contributed by atoms with E-state index in [0.717, 1.165) is 18.4 Å². The molecule has 134 valence electrons. The molecule has 1 amide bonds. The summed E-state index contributed by atoms with van der Waals surface area (Å²) >= 11 is 13.3. The molecule has 1 atom stereocenters. The van der Waals surface area contributed by atoms with Crippen molar-refractivity contribution in [1.82, 2.24) is 9.88 Å². The standard InChI is InChI=1S/C18H15Cl2N3O2S/c1-26-17-11(9-21)7-12(16(24)22-17)18(25)23-6-2-3-15(23)10-4-5-13(19)14(20)8-10/h4-5,7-8,15H,2-3,6H2,1H3,(H,22,24)/t15-/m1/s1. The van der Waals surface area contributed by atoms with Crippen LogP contribution < -0.4 is 5.56 Å². The molecule has 8 heteroatoms. The number of benzene rings is 1. The fraction of sp³-hybridized carbons (Fsp3) is 0.278. The van der Waals surface area contributed by atoms with Gasteiger partial charge in [0.15, 0.2) is 0 Å². The first kappa shape index (κ1) is 18.8. The number of nitrogens with one attached hydrogen (secondary N) is 1. The highest BCUT2D eigenvalue weighted by atomic mass is 35.5. The number of nitrogens with zero attached hydrogens (tertiary/aromatic N) is 2. The number of carbonyl (C=O) groups is 1. The summed E-state index contributed by atoms with van der Waals surface area (Å²) < 4.78 is 0. The number of carbonyl (C=O) groups excluding carboxylic acids is 1. The molecule has 1 N–H and O–H groups in total. The van der Waals surface area contributed by atoms with E-state index in [4.69, 9.17) is 23.2 Å². The Hall–Kier alpha value is -1.94. The number of hydrogen-bond acceptors (Lipinski definition) is 4. The summed E-state index contributed by atoms with van der Waals surface area (Å²) in [5.74, 6) is -0.385. The van der Waals surface area contributed by atoms with Gasteiger partial charge >= 0.3 is 0 Å². The van der Waals surface area contributed by atoms with Gasteiger partial charge in [-0.25, -0.2) is 0 Å². The van der Waals surface area contributed by atoms with Gasteiger partial charge in [0, 0.05) is 6.54 Å². The summed E-state index contributed by atoms with van der Waals surface area (Å²) in [7, 11) is 0. The largest absolute Gasteiger partial charge is 0.331 e. The number of halogens is 2. The van der Waals surface area contributed by atoms with Crippen LogP contribution in [0.1, 0.15) is 40.4 Å². The van der Waals surface area contributed by atoms with E-state index in [0.29, 0.717) is 21.6 Å². The first-order valence-corrected chi connectivity index (χ1v) is 9.91. The number of thioether (sulfide) groups is 1. The van der Waals surface area contributed by atoms with Gasteiger partial charge in [0.05, 0.1) is 26.7 Å². The van der Waals surface area contributed by atoms with Crippen molar-refractivity contribution in [2.75, 3.05) is 12.8 Å². The van der Waals surface area contributed by atoms with E-state index in [1.165, 1.54) is 17.8 Å². The van der Waals surface area contributed by atoms with Crippen molar-refractivity contribution in [3.8, 4) is 6.07 Å². The van der Waals surface area contributed by atoms with Crippen LogP contribution in [0.4, 0.5) is 0 Å². The van der Waals surface area contributed by atoms with Crippen molar-refractivity contribution in [2.24, 2.45) is 0 Å². The second-order valence-electron chi connectivity index (χ2n) is 5.90. The number of nitriles is 1. The second kappa shape index (κ2) is 7.75. The summed E-state index contributed by atoms with van der Waals surface area (Å²) in [6.07, 6.45) is 3.35. The highest BCUT2D eigenvalue weighted by molar-refractivity contribution is 7.98. The van der Waals surface area contributed by atoms with Gasteiger partial charge in [0.25, 0.3) is 11.5 Å². The number of hydrogen-bond donors (Lipinski definition) is 1. The van der Waals surface area contributed by atoms with Gasteiger partial charge in [-0.1, -0.05) is 29.3 Å². The summed E-state index contributed by atoms with van der Waals surface area (Å²) in [5.41, 5.74) is 0.651. The lowest BCUT2D eigenvalue weighted by atomic mass is 10.0. The number of likely N-dealkylation sites (tertiary alicyclic amines) is 1. The number of aromatic amines is 1. The average molecular weight is 408 g/mol. The maximum Gasteiger partial charge on any atom is 0.261 e.